The van der Waals surface area contributed by atoms with E-state index in [1.54, 1.807) is 26.9 Å². The maximum Gasteiger partial charge on any atom is 0.325 e. The molecule has 2 saturated heterocycles. The number of hydrogen-bond acceptors (Lipinski definition) is 4. The van der Waals surface area contributed by atoms with E-state index in [1.807, 2.05) is 44.2 Å². The van der Waals surface area contributed by atoms with Crippen molar-refractivity contribution in [2.45, 2.75) is 44.8 Å². The Hall–Kier alpha value is -3.16. The van der Waals surface area contributed by atoms with Crippen LogP contribution < -0.4 is 5.32 Å². The first-order valence-electron chi connectivity index (χ1n) is 9.91. The molecule has 0 unspecified atom stereocenters. The highest BCUT2D eigenvalue weighted by molar-refractivity contribution is 6.07. The number of amides is 4. The SMILES string of the molecule is CC(C)n1cc(C(=O)N2CCC3(CC2)C(=O)NC(=O)N3Cc2ccccc2)cn1. The summed E-state index contributed by atoms with van der Waals surface area (Å²) in [5, 5.41) is 6.71. The lowest BCUT2D eigenvalue weighted by atomic mass is 9.85. The van der Waals surface area contributed by atoms with Gasteiger partial charge in [-0.15, -0.1) is 0 Å². The monoisotopic (exact) mass is 395 g/mol. The third kappa shape index (κ3) is 3.39. The van der Waals surface area contributed by atoms with E-state index in [0.29, 0.717) is 38.0 Å². The zero-order valence-electron chi connectivity index (χ0n) is 16.7. The molecule has 0 atom stereocenters. The van der Waals surface area contributed by atoms with Crippen molar-refractivity contribution >= 4 is 17.8 Å². The number of aromatic nitrogens is 2. The number of hydrogen-bond donors (Lipinski definition) is 1. The largest absolute Gasteiger partial charge is 0.338 e. The third-order valence-electron chi connectivity index (χ3n) is 5.84. The molecule has 8 heteroatoms. The van der Waals surface area contributed by atoms with Gasteiger partial charge in [0.25, 0.3) is 11.8 Å². The Bertz CT molecular complexity index is 929. The Morgan fingerprint density at radius 2 is 1.86 bits per heavy atom. The fraction of sp³-hybridized carbons (Fsp3) is 0.429. The number of nitrogens with zero attached hydrogens (tertiary/aromatic N) is 4. The van der Waals surface area contributed by atoms with Gasteiger partial charge in [-0.05, 0) is 32.3 Å². The molecule has 0 aliphatic carbocycles. The molecule has 1 N–H and O–H groups in total. The second kappa shape index (κ2) is 7.35. The van der Waals surface area contributed by atoms with Gasteiger partial charge in [-0.25, -0.2) is 4.79 Å². The first kappa shape index (κ1) is 19.2. The summed E-state index contributed by atoms with van der Waals surface area (Å²) in [6.45, 7) is 5.20. The van der Waals surface area contributed by atoms with Crippen LogP contribution in [0.25, 0.3) is 0 Å². The summed E-state index contributed by atoms with van der Waals surface area (Å²) >= 11 is 0. The molecular formula is C21H25N5O3. The van der Waals surface area contributed by atoms with E-state index in [9.17, 15) is 14.4 Å². The molecule has 2 aromatic rings. The standard InChI is InChI=1S/C21H25N5O3/c1-15(2)26-14-17(12-22-26)18(27)24-10-8-21(9-11-24)19(28)23-20(29)25(21)13-16-6-4-3-5-7-16/h3-7,12,14-15H,8-11,13H2,1-2H3,(H,23,28,29). The summed E-state index contributed by atoms with van der Waals surface area (Å²) in [5.74, 6) is -0.357. The van der Waals surface area contributed by atoms with Crippen LogP contribution in [-0.2, 0) is 11.3 Å². The highest BCUT2D eigenvalue weighted by Gasteiger charge is 2.54. The molecule has 2 aliphatic rings. The van der Waals surface area contributed by atoms with Crippen molar-refractivity contribution in [3.8, 4) is 0 Å². The zero-order valence-corrected chi connectivity index (χ0v) is 16.7. The van der Waals surface area contributed by atoms with Crippen molar-refractivity contribution in [2.24, 2.45) is 0 Å². The number of urea groups is 1. The molecule has 4 rings (SSSR count). The third-order valence-corrected chi connectivity index (χ3v) is 5.84. The zero-order chi connectivity index (χ0) is 20.6. The summed E-state index contributed by atoms with van der Waals surface area (Å²) in [6, 6.07) is 9.44. The molecule has 2 fully saturated rings. The lowest BCUT2D eigenvalue weighted by molar-refractivity contribution is -0.129. The number of carbonyl (C=O) groups excluding carboxylic acids is 3. The number of carbonyl (C=O) groups is 3. The van der Waals surface area contributed by atoms with Crippen LogP contribution in [0.5, 0.6) is 0 Å². The Labute approximate surface area is 169 Å². The highest BCUT2D eigenvalue weighted by Crippen LogP contribution is 2.35. The summed E-state index contributed by atoms with van der Waals surface area (Å²) in [6.07, 6.45) is 4.17. The van der Waals surface area contributed by atoms with Crippen LogP contribution in [0.2, 0.25) is 0 Å². The molecule has 0 saturated carbocycles. The van der Waals surface area contributed by atoms with Crippen LogP contribution >= 0.6 is 0 Å². The molecule has 0 radical (unpaired) electrons. The lowest BCUT2D eigenvalue weighted by Gasteiger charge is -2.42. The van der Waals surface area contributed by atoms with Gasteiger partial charge in [0, 0.05) is 31.9 Å². The number of benzene rings is 1. The molecule has 3 heterocycles. The van der Waals surface area contributed by atoms with Crippen molar-refractivity contribution in [1.82, 2.24) is 24.9 Å². The van der Waals surface area contributed by atoms with Crippen LogP contribution in [0, 0.1) is 0 Å². The van der Waals surface area contributed by atoms with E-state index in [4.69, 9.17) is 0 Å². The van der Waals surface area contributed by atoms with Gasteiger partial charge in [0.05, 0.1) is 11.8 Å². The maximum atomic E-state index is 12.8. The van der Waals surface area contributed by atoms with Gasteiger partial charge in [-0.1, -0.05) is 30.3 Å². The molecule has 152 valence electrons. The van der Waals surface area contributed by atoms with Crippen LogP contribution in [0.3, 0.4) is 0 Å². The molecule has 8 nitrogen and oxygen atoms in total. The Morgan fingerprint density at radius 1 is 1.17 bits per heavy atom. The fourth-order valence-electron chi connectivity index (χ4n) is 4.08. The molecular weight excluding hydrogens is 370 g/mol. The summed E-state index contributed by atoms with van der Waals surface area (Å²) in [5.41, 5.74) is 0.616. The summed E-state index contributed by atoms with van der Waals surface area (Å²) < 4.78 is 1.75. The molecule has 1 aromatic carbocycles. The molecule has 29 heavy (non-hydrogen) atoms. The summed E-state index contributed by atoms with van der Waals surface area (Å²) in [7, 11) is 0. The quantitative estimate of drug-likeness (QED) is 0.804. The van der Waals surface area contributed by atoms with Crippen LogP contribution in [-0.4, -0.2) is 56.1 Å². The predicted octanol–water partition coefficient (Wildman–Crippen LogP) is 2.19. The van der Waals surface area contributed by atoms with E-state index in [2.05, 4.69) is 10.4 Å². The molecule has 0 bridgehead atoms. The number of nitrogens with one attached hydrogen (secondary N) is 1. The normalized spacial score (nSPS) is 18.6. The number of imide groups is 1. The minimum Gasteiger partial charge on any atom is -0.338 e. The van der Waals surface area contributed by atoms with E-state index in [-0.39, 0.29) is 23.9 Å². The van der Waals surface area contributed by atoms with Gasteiger partial charge in [0.2, 0.25) is 0 Å². The van der Waals surface area contributed by atoms with E-state index in [0.717, 1.165) is 5.56 Å². The minimum absolute atomic E-state index is 0.0916. The van der Waals surface area contributed by atoms with Gasteiger partial charge in [0.15, 0.2) is 0 Å². The molecule has 1 aromatic heterocycles. The van der Waals surface area contributed by atoms with Gasteiger partial charge >= 0.3 is 6.03 Å². The van der Waals surface area contributed by atoms with Crippen molar-refractivity contribution in [3.05, 3.63) is 53.9 Å². The van der Waals surface area contributed by atoms with Gasteiger partial charge in [-0.3, -0.25) is 19.6 Å². The van der Waals surface area contributed by atoms with Gasteiger partial charge in [-0.2, -0.15) is 5.10 Å². The number of piperidine rings is 1. The van der Waals surface area contributed by atoms with Crippen molar-refractivity contribution in [1.29, 1.82) is 0 Å². The predicted molar refractivity (Wildman–Crippen MR) is 106 cm³/mol. The van der Waals surface area contributed by atoms with Crippen molar-refractivity contribution in [2.75, 3.05) is 13.1 Å². The topological polar surface area (TPSA) is 87.5 Å². The van der Waals surface area contributed by atoms with E-state index >= 15 is 0 Å². The molecule has 4 amide bonds. The van der Waals surface area contributed by atoms with Gasteiger partial charge < -0.3 is 9.80 Å². The van der Waals surface area contributed by atoms with E-state index in [1.165, 1.54) is 0 Å². The highest BCUT2D eigenvalue weighted by atomic mass is 16.2. The maximum absolute atomic E-state index is 12.8. The first-order chi connectivity index (χ1) is 13.9. The second-order valence-corrected chi connectivity index (χ2v) is 7.96. The lowest BCUT2D eigenvalue weighted by Crippen LogP contribution is -2.57. The number of likely N-dealkylation sites (tertiary alicyclic amines) is 1. The van der Waals surface area contributed by atoms with Crippen molar-refractivity contribution in [3.63, 3.8) is 0 Å². The van der Waals surface area contributed by atoms with Gasteiger partial charge in [0.1, 0.15) is 5.54 Å². The Kier molecular flexibility index (Phi) is 4.86. The van der Waals surface area contributed by atoms with Crippen LogP contribution in [0.4, 0.5) is 4.79 Å². The number of rotatable bonds is 4. The Morgan fingerprint density at radius 3 is 2.48 bits per heavy atom. The van der Waals surface area contributed by atoms with Crippen LogP contribution in [0.1, 0.15) is 48.7 Å². The Balaban J connectivity index is 1.49. The average molecular weight is 395 g/mol. The van der Waals surface area contributed by atoms with Crippen LogP contribution in [0.15, 0.2) is 42.7 Å². The first-order valence-corrected chi connectivity index (χ1v) is 9.91. The summed E-state index contributed by atoms with van der Waals surface area (Å²) in [4.78, 5) is 41.4. The fourth-order valence-corrected chi connectivity index (χ4v) is 4.08. The minimum atomic E-state index is -0.897. The molecule has 2 aliphatic heterocycles. The van der Waals surface area contributed by atoms with Crippen molar-refractivity contribution < 1.29 is 14.4 Å². The average Bonchev–Trinajstić information content (AvgIpc) is 3.30. The smallest absolute Gasteiger partial charge is 0.325 e. The van der Waals surface area contributed by atoms with E-state index < -0.39 is 5.54 Å². The second-order valence-electron chi connectivity index (χ2n) is 7.96. The molecule has 1 spiro atoms.